The highest BCUT2D eigenvalue weighted by Crippen LogP contribution is 2.66. The zero-order chi connectivity index (χ0) is 17.0. The zero-order valence-electron chi connectivity index (χ0n) is 14.2. The van der Waals surface area contributed by atoms with Crippen LogP contribution in [0.2, 0.25) is 0 Å². The first kappa shape index (κ1) is 15.1. The van der Waals surface area contributed by atoms with Crippen LogP contribution in [0.15, 0.2) is 12.1 Å². The van der Waals surface area contributed by atoms with Crippen LogP contribution in [0.1, 0.15) is 43.2 Å². The van der Waals surface area contributed by atoms with Gasteiger partial charge in [-0.25, -0.2) is 0 Å². The molecular formula is C20H24ClNO3. The van der Waals surface area contributed by atoms with E-state index in [0.717, 1.165) is 50.3 Å². The van der Waals surface area contributed by atoms with Crippen molar-refractivity contribution < 1.29 is 14.9 Å². The molecule has 2 N–H and O–H groups in total. The number of phenolic OH excluding ortho intramolecular Hbond substituents is 1. The Morgan fingerprint density at radius 2 is 2.08 bits per heavy atom. The number of piperidine rings is 1. The minimum atomic E-state index is -0.803. The first-order chi connectivity index (χ1) is 12.0. The fourth-order valence-electron chi connectivity index (χ4n) is 6.42. The molecule has 0 unspecified atom stereocenters. The van der Waals surface area contributed by atoms with Crippen LogP contribution in [-0.2, 0) is 11.8 Å². The van der Waals surface area contributed by atoms with Crippen LogP contribution in [0.4, 0.5) is 0 Å². The van der Waals surface area contributed by atoms with Gasteiger partial charge in [0.15, 0.2) is 11.5 Å². The Hall–Kier alpha value is -0.970. The first-order valence-corrected chi connectivity index (χ1v) is 10.1. The average Bonchev–Trinajstić information content (AvgIpc) is 3.32. The van der Waals surface area contributed by atoms with Crippen LogP contribution in [0.25, 0.3) is 0 Å². The average molecular weight is 362 g/mol. The van der Waals surface area contributed by atoms with E-state index in [2.05, 4.69) is 4.90 Å². The van der Waals surface area contributed by atoms with Crippen molar-refractivity contribution in [3.63, 3.8) is 0 Å². The van der Waals surface area contributed by atoms with E-state index in [1.807, 2.05) is 6.07 Å². The lowest BCUT2D eigenvalue weighted by Gasteiger charge is -2.63. The van der Waals surface area contributed by atoms with Gasteiger partial charge in [-0.05, 0) is 62.6 Å². The summed E-state index contributed by atoms with van der Waals surface area (Å²) in [6, 6.07) is 3.92. The second-order valence-electron chi connectivity index (χ2n) is 8.84. The number of aromatic hydroxyl groups is 1. The van der Waals surface area contributed by atoms with Gasteiger partial charge in [0.25, 0.3) is 0 Å². The van der Waals surface area contributed by atoms with Gasteiger partial charge in [0, 0.05) is 18.2 Å². The largest absolute Gasteiger partial charge is 0.504 e. The summed E-state index contributed by atoms with van der Waals surface area (Å²) in [6.45, 7) is 2.10. The van der Waals surface area contributed by atoms with Crippen LogP contribution in [0, 0.1) is 5.92 Å². The van der Waals surface area contributed by atoms with Crippen molar-refractivity contribution in [2.75, 3.05) is 13.1 Å². The first-order valence-electron chi connectivity index (χ1n) is 9.67. The lowest BCUT2D eigenvalue weighted by atomic mass is 9.49. The summed E-state index contributed by atoms with van der Waals surface area (Å²) in [5, 5.41) is 22.3. The Bertz CT molecular complexity index is 766. The molecule has 5 aliphatic rings. The van der Waals surface area contributed by atoms with E-state index < -0.39 is 11.0 Å². The van der Waals surface area contributed by atoms with Gasteiger partial charge >= 0.3 is 0 Å². The molecule has 0 radical (unpaired) electrons. The molecule has 2 aliphatic heterocycles. The van der Waals surface area contributed by atoms with Gasteiger partial charge in [0.05, 0.1) is 16.4 Å². The van der Waals surface area contributed by atoms with Crippen molar-refractivity contribution in [2.45, 2.75) is 67.1 Å². The zero-order valence-corrected chi connectivity index (χ0v) is 15.0. The molecule has 0 amide bonds. The van der Waals surface area contributed by atoms with Crippen LogP contribution >= 0.6 is 11.6 Å². The topological polar surface area (TPSA) is 52.9 Å². The van der Waals surface area contributed by atoms with Crippen LogP contribution in [0.3, 0.4) is 0 Å². The second kappa shape index (κ2) is 4.65. The van der Waals surface area contributed by atoms with E-state index in [-0.39, 0.29) is 23.3 Å². The Kier molecular flexibility index (Phi) is 2.81. The van der Waals surface area contributed by atoms with Crippen molar-refractivity contribution in [3.05, 3.63) is 23.3 Å². The number of phenols is 1. The monoisotopic (exact) mass is 361 g/mol. The third-order valence-corrected chi connectivity index (χ3v) is 8.14. The number of rotatable bonds is 2. The van der Waals surface area contributed by atoms with Crippen molar-refractivity contribution in [1.82, 2.24) is 4.90 Å². The molecule has 134 valence electrons. The molecule has 2 bridgehead atoms. The molecule has 1 saturated heterocycles. The molecule has 1 aromatic carbocycles. The number of benzene rings is 1. The van der Waals surface area contributed by atoms with E-state index in [9.17, 15) is 10.2 Å². The quantitative estimate of drug-likeness (QED) is 0.795. The molecule has 5 atom stereocenters. The summed E-state index contributed by atoms with van der Waals surface area (Å²) < 4.78 is 6.26. The Morgan fingerprint density at radius 1 is 1.24 bits per heavy atom. The predicted octanol–water partition coefficient (Wildman–Crippen LogP) is 2.56. The van der Waals surface area contributed by atoms with Crippen LogP contribution in [0.5, 0.6) is 11.5 Å². The summed E-state index contributed by atoms with van der Waals surface area (Å²) >= 11 is 6.70. The number of hydrogen-bond donors (Lipinski definition) is 2. The van der Waals surface area contributed by atoms with Gasteiger partial charge in [-0.1, -0.05) is 6.07 Å². The van der Waals surface area contributed by atoms with Crippen molar-refractivity contribution in [2.24, 2.45) is 5.92 Å². The summed E-state index contributed by atoms with van der Waals surface area (Å²) in [7, 11) is 0. The van der Waals surface area contributed by atoms with Crippen molar-refractivity contribution >= 4 is 11.6 Å². The molecule has 2 heterocycles. The highest BCUT2D eigenvalue weighted by molar-refractivity contribution is 6.21. The second-order valence-corrected chi connectivity index (χ2v) is 9.41. The smallest absolute Gasteiger partial charge is 0.165 e. The summed E-state index contributed by atoms with van der Waals surface area (Å²) in [6.07, 6.45) is 5.62. The number of alkyl halides is 1. The number of ether oxygens (including phenoxy) is 1. The van der Waals surface area contributed by atoms with Crippen molar-refractivity contribution in [1.29, 1.82) is 0 Å². The number of nitrogens with zero attached hydrogens (tertiary/aromatic N) is 1. The van der Waals surface area contributed by atoms with Crippen LogP contribution in [-0.4, -0.2) is 51.3 Å². The molecule has 25 heavy (non-hydrogen) atoms. The minimum absolute atomic E-state index is 0.117. The van der Waals surface area contributed by atoms with E-state index >= 15 is 0 Å². The maximum atomic E-state index is 12.1. The molecule has 1 aromatic rings. The Balaban J connectivity index is 1.57. The van der Waals surface area contributed by atoms with E-state index in [4.69, 9.17) is 16.3 Å². The van der Waals surface area contributed by atoms with Gasteiger partial charge in [-0.15, -0.1) is 11.6 Å². The Morgan fingerprint density at radius 3 is 2.88 bits per heavy atom. The maximum absolute atomic E-state index is 12.1. The fraction of sp³-hybridized carbons (Fsp3) is 0.700. The van der Waals surface area contributed by atoms with Crippen LogP contribution < -0.4 is 4.74 Å². The molecular weight excluding hydrogens is 338 g/mol. The van der Waals surface area contributed by atoms with E-state index in [1.165, 1.54) is 18.4 Å². The molecule has 5 heteroatoms. The molecule has 6 rings (SSSR count). The van der Waals surface area contributed by atoms with Gasteiger partial charge in [0.2, 0.25) is 0 Å². The highest BCUT2D eigenvalue weighted by atomic mass is 35.5. The minimum Gasteiger partial charge on any atom is -0.504 e. The lowest BCUT2D eigenvalue weighted by Crippen LogP contribution is -2.76. The summed E-state index contributed by atoms with van der Waals surface area (Å²) in [5.74, 6) is 1.59. The third kappa shape index (κ3) is 1.67. The van der Waals surface area contributed by atoms with Gasteiger partial charge in [-0.3, -0.25) is 4.90 Å². The standard InChI is InChI=1S/C20H24ClNO3/c21-13-5-6-20(24)15-9-12-3-4-14(23)17-16(12)19(20,18(13)25-17)7-8-22(15)10-11-1-2-11/h3-4,11,13,15,18,23-24H,1-2,5-10H2/t13-,15+,18-,19-,20+/m0/s1. The van der Waals surface area contributed by atoms with E-state index in [0.29, 0.717) is 5.75 Å². The summed E-state index contributed by atoms with van der Waals surface area (Å²) in [4.78, 5) is 2.54. The van der Waals surface area contributed by atoms with E-state index in [1.54, 1.807) is 6.07 Å². The lowest BCUT2D eigenvalue weighted by molar-refractivity contribution is -0.184. The molecule has 4 nitrogen and oxygen atoms in total. The predicted molar refractivity (Wildman–Crippen MR) is 94.4 cm³/mol. The number of hydrogen-bond acceptors (Lipinski definition) is 4. The van der Waals surface area contributed by atoms with Gasteiger partial charge in [-0.2, -0.15) is 0 Å². The molecule has 2 saturated carbocycles. The number of likely N-dealkylation sites (tertiary alicyclic amines) is 1. The molecule has 3 aliphatic carbocycles. The van der Waals surface area contributed by atoms with Crippen molar-refractivity contribution in [3.8, 4) is 11.5 Å². The van der Waals surface area contributed by atoms with Gasteiger partial charge < -0.3 is 14.9 Å². The molecule has 0 aromatic heterocycles. The third-order valence-electron chi connectivity index (χ3n) is 7.69. The Labute approximate surface area is 152 Å². The fourth-order valence-corrected chi connectivity index (χ4v) is 6.80. The summed E-state index contributed by atoms with van der Waals surface area (Å²) in [5.41, 5.74) is 1.04. The maximum Gasteiger partial charge on any atom is 0.165 e. The van der Waals surface area contributed by atoms with Gasteiger partial charge in [0.1, 0.15) is 6.10 Å². The SMILES string of the molecule is Oc1ccc2c3c1O[C@H]1[C@@H](Cl)CC[C@@]4(O)[C@@H](C2)N(CC2CC2)CC[C@]314. The molecule has 3 fully saturated rings. The molecule has 1 spiro atoms. The highest BCUT2D eigenvalue weighted by Gasteiger charge is 2.72. The number of halogens is 1. The number of aliphatic hydroxyl groups is 1. The normalized spacial score (nSPS) is 44.3.